The first-order chi connectivity index (χ1) is 12.3. The van der Waals surface area contributed by atoms with Crippen LogP contribution in [0.3, 0.4) is 0 Å². The number of nitrogens with zero attached hydrogens (tertiary/aromatic N) is 1. The van der Waals surface area contributed by atoms with E-state index in [0.29, 0.717) is 0 Å². The molecule has 0 heterocycles. The maximum Gasteiger partial charge on any atom is 0.244 e. The van der Waals surface area contributed by atoms with Crippen LogP contribution in [0.4, 0.5) is 11.4 Å². The van der Waals surface area contributed by atoms with E-state index in [9.17, 15) is 9.59 Å². The first-order valence-electron chi connectivity index (χ1n) is 9.07. The number of rotatable bonds is 6. The van der Waals surface area contributed by atoms with Gasteiger partial charge in [-0.15, -0.1) is 0 Å². The van der Waals surface area contributed by atoms with Gasteiger partial charge in [0.1, 0.15) is 6.54 Å². The highest BCUT2D eigenvalue weighted by Gasteiger charge is 2.24. The van der Waals surface area contributed by atoms with Gasteiger partial charge in [-0.3, -0.25) is 9.59 Å². The molecule has 0 saturated carbocycles. The lowest BCUT2D eigenvalue weighted by atomic mass is 9.91. The molecular weight excluding hydrogens is 324 g/mol. The molecule has 2 aromatic rings. The normalized spacial score (nSPS) is 10.9. The molecule has 0 aliphatic rings. The largest absolute Gasteiger partial charge is 0.325 e. The third kappa shape index (κ3) is 4.72. The van der Waals surface area contributed by atoms with Crippen molar-refractivity contribution in [3.05, 3.63) is 59.7 Å². The van der Waals surface area contributed by atoms with E-state index in [1.165, 1.54) is 6.92 Å². The van der Waals surface area contributed by atoms with Gasteiger partial charge < -0.3 is 10.2 Å². The quantitative estimate of drug-likeness (QED) is 0.802. The molecule has 26 heavy (non-hydrogen) atoms. The molecule has 0 unspecified atom stereocenters. The van der Waals surface area contributed by atoms with E-state index in [1.54, 1.807) is 4.90 Å². The second-order valence-corrected chi connectivity index (χ2v) is 7.11. The van der Waals surface area contributed by atoms with Crippen LogP contribution in [0.25, 0.3) is 0 Å². The zero-order valence-corrected chi connectivity index (χ0v) is 16.2. The van der Waals surface area contributed by atoms with Crippen LogP contribution >= 0.6 is 0 Å². The fourth-order valence-electron chi connectivity index (χ4n) is 3.04. The molecule has 0 bridgehead atoms. The van der Waals surface area contributed by atoms with Gasteiger partial charge in [-0.1, -0.05) is 64.1 Å². The molecule has 0 spiro atoms. The third-order valence-corrected chi connectivity index (χ3v) is 4.35. The Morgan fingerprint density at radius 3 is 1.88 bits per heavy atom. The number of para-hydroxylation sites is 2. The smallest absolute Gasteiger partial charge is 0.244 e. The molecule has 4 nitrogen and oxygen atoms in total. The summed E-state index contributed by atoms with van der Waals surface area (Å²) in [5.74, 6) is 0.161. The Balaban J connectivity index is 2.38. The lowest BCUT2D eigenvalue weighted by Crippen LogP contribution is -2.38. The van der Waals surface area contributed by atoms with Crippen molar-refractivity contribution in [2.75, 3.05) is 16.8 Å². The van der Waals surface area contributed by atoms with Crippen LogP contribution in [0.5, 0.6) is 0 Å². The van der Waals surface area contributed by atoms with Crippen molar-refractivity contribution in [1.82, 2.24) is 0 Å². The summed E-state index contributed by atoms with van der Waals surface area (Å²) in [6, 6.07) is 15.4. The molecule has 2 aromatic carbocycles. The van der Waals surface area contributed by atoms with Crippen molar-refractivity contribution >= 4 is 23.2 Å². The standard InChI is InChI=1S/C22H28N2O2/c1-15(2)19-12-9-13-20(16(3)4)22(19)24(17(5)25)14-21(26)23-18-10-7-6-8-11-18/h6-13,15-16H,14H2,1-5H3,(H,23,26). The minimum Gasteiger partial charge on any atom is -0.325 e. The highest BCUT2D eigenvalue weighted by atomic mass is 16.2. The summed E-state index contributed by atoms with van der Waals surface area (Å²) >= 11 is 0. The van der Waals surface area contributed by atoms with E-state index >= 15 is 0 Å². The maximum atomic E-state index is 12.6. The predicted octanol–water partition coefficient (Wildman–Crippen LogP) is 4.93. The number of anilines is 2. The molecule has 0 aromatic heterocycles. The first-order valence-corrected chi connectivity index (χ1v) is 9.07. The van der Waals surface area contributed by atoms with Crippen molar-refractivity contribution in [2.24, 2.45) is 0 Å². The van der Waals surface area contributed by atoms with Crippen LogP contribution in [-0.4, -0.2) is 18.4 Å². The summed E-state index contributed by atoms with van der Waals surface area (Å²) in [7, 11) is 0. The van der Waals surface area contributed by atoms with E-state index in [4.69, 9.17) is 0 Å². The first kappa shape index (κ1) is 19.7. The Kier molecular flexibility index (Phi) is 6.56. The van der Waals surface area contributed by atoms with Gasteiger partial charge in [0.05, 0.1) is 5.69 Å². The molecule has 2 amide bonds. The summed E-state index contributed by atoms with van der Waals surface area (Å²) in [5, 5.41) is 2.86. The molecule has 0 aliphatic carbocycles. The zero-order chi connectivity index (χ0) is 19.3. The Bertz CT molecular complexity index is 741. The van der Waals surface area contributed by atoms with Gasteiger partial charge in [0.15, 0.2) is 0 Å². The fourth-order valence-corrected chi connectivity index (χ4v) is 3.04. The third-order valence-electron chi connectivity index (χ3n) is 4.35. The van der Waals surface area contributed by atoms with Crippen molar-refractivity contribution < 1.29 is 9.59 Å². The fraction of sp³-hybridized carbons (Fsp3) is 0.364. The molecule has 0 fully saturated rings. The summed E-state index contributed by atoms with van der Waals surface area (Å²) in [6.07, 6.45) is 0. The average Bonchev–Trinajstić information content (AvgIpc) is 2.59. The molecule has 0 atom stereocenters. The number of hydrogen-bond donors (Lipinski definition) is 1. The zero-order valence-electron chi connectivity index (χ0n) is 16.2. The molecule has 0 radical (unpaired) electrons. The number of carbonyl (C=O) groups excluding carboxylic acids is 2. The summed E-state index contributed by atoms with van der Waals surface area (Å²) in [6.45, 7) is 9.91. The molecule has 0 saturated heterocycles. The van der Waals surface area contributed by atoms with Crippen LogP contribution in [0, 0.1) is 0 Å². The lowest BCUT2D eigenvalue weighted by molar-refractivity contribution is -0.120. The second kappa shape index (κ2) is 8.65. The van der Waals surface area contributed by atoms with Gasteiger partial charge in [0, 0.05) is 12.6 Å². The Labute approximate surface area is 156 Å². The average molecular weight is 352 g/mol. The van der Waals surface area contributed by atoms with Crippen molar-refractivity contribution in [3.63, 3.8) is 0 Å². The van der Waals surface area contributed by atoms with Gasteiger partial charge in [-0.25, -0.2) is 0 Å². The molecular formula is C22H28N2O2. The molecule has 1 N–H and O–H groups in total. The Hall–Kier alpha value is -2.62. The van der Waals surface area contributed by atoms with Gasteiger partial charge in [-0.2, -0.15) is 0 Å². The van der Waals surface area contributed by atoms with E-state index in [0.717, 1.165) is 22.5 Å². The van der Waals surface area contributed by atoms with E-state index in [2.05, 4.69) is 33.0 Å². The van der Waals surface area contributed by atoms with Gasteiger partial charge in [-0.05, 0) is 35.1 Å². The Morgan fingerprint density at radius 2 is 1.42 bits per heavy atom. The number of hydrogen-bond acceptors (Lipinski definition) is 2. The molecule has 2 rings (SSSR count). The van der Waals surface area contributed by atoms with Crippen LogP contribution < -0.4 is 10.2 Å². The van der Waals surface area contributed by atoms with Crippen LogP contribution in [0.15, 0.2) is 48.5 Å². The van der Waals surface area contributed by atoms with Gasteiger partial charge in [0.2, 0.25) is 11.8 Å². The highest BCUT2D eigenvalue weighted by molar-refractivity contribution is 6.02. The molecule has 138 valence electrons. The van der Waals surface area contributed by atoms with E-state index < -0.39 is 0 Å². The highest BCUT2D eigenvalue weighted by Crippen LogP contribution is 2.35. The topological polar surface area (TPSA) is 49.4 Å². The summed E-state index contributed by atoms with van der Waals surface area (Å²) in [4.78, 5) is 26.6. The van der Waals surface area contributed by atoms with Crippen LogP contribution in [0.1, 0.15) is 57.6 Å². The Morgan fingerprint density at radius 1 is 0.885 bits per heavy atom. The number of benzene rings is 2. The summed E-state index contributed by atoms with van der Waals surface area (Å²) in [5.41, 5.74) is 3.76. The summed E-state index contributed by atoms with van der Waals surface area (Å²) < 4.78 is 0. The molecule has 0 aliphatic heterocycles. The number of amides is 2. The molecule has 4 heteroatoms. The van der Waals surface area contributed by atoms with Crippen molar-refractivity contribution in [3.8, 4) is 0 Å². The van der Waals surface area contributed by atoms with E-state index in [1.807, 2.05) is 48.5 Å². The van der Waals surface area contributed by atoms with Crippen molar-refractivity contribution in [1.29, 1.82) is 0 Å². The SMILES string of the molecule is CC(=O)N(CC(=O)Nc1ccccc1)c1c(C(C)C)cccc1C(C)C. The minimum absolute atomic E-state index is 0.00627. The predicted molar refractivity (Wildman–Crippen MR) is 108 cm³/mol. The maximum absolute atomic E-state index is 12.6. The lowest BCUT2D eigenvalue weighted by Gasteiger charge is -2.29. The monoisotopic (exact) mass is 352 g/mol. The van der Waals surface area contributed by atoms with Crippen molar-refractivity contribution in [2.45, 2.75) is 46.5 Å². The number of carbonyl (C=O) groups is 2. The van der Waals surface area contributed by atoms with E-state index in [-0.39, 0.29) is 30.2 Å². The van der Waals surface area contributed by atoms with Crippen LogP contribution in [-0.2, 0) is 9.59 Å². The second-order valence-electron chi connectivity index (χ2n) is 7.11. The number of nitrogens with one attached hydrogen (secondary N) is 1. The van der Waals surface area contributed by atoms with Crippen LogP contribution in [0.2, 0.25) is 0 Å². The minimum atomic E-state index is -0.209. The van der Waals surface area contributed by atoms with Gasteiger partial charge in [0.25, 0.3) is 0 Å². The van der Waals surface area contributed by atoms with Gasteiger partial charge >= 0.3 is 0 Å².